The summed E-state index contributed by atoms with van der Waals surface area (Å²) >= 11 is 4.49. The van der Waals surface area contributed by atoms with Crippen LogP contribution >= 0.6 is 27.7 Å². The Kier molecular flexibility index (Phi) is 5.40. The molecule has 3 aromatic rings. The average molecular weight is 421 g/mol. The van der Waals surface area contributed by atoms with Crippen LogP contribution in [-0.4, -0.2) is 16.9 Å². The third kappa shape index (κ3) is 4.21. The van der Waals surface area contributed by atoms with Gasteiger partial charge in [-0.1, -0.05) is 29.8 Å². The first-order valence-electron chi connectivity index (χ1n) is 7.42. The number of carbonyl (C=O) groups excluding carboxylic acids is 1. The van der Waals surface area contributed by atoms with Gasteiger partial charge in [0.05, 0.1) is 11.4 Å². The number of carbonyl (C=O) groups is 1. The zero-order valence-electron chi connectivity index (χ0n) is 13.3. The number of hydrogen-bond acceptors (Lipinski definition) is 4. The third-order valence-corrected chi connectivity index (χ3v) is 5.11. The molecule has 0 bridgehead atoms. The lowest BCUT2D eigenvalue weighted by molar-refractivity contribution is -0.704. The number of H-pyrrole nitrogens is 1. The number of hydrogen-bond donors (Lipinski definition) is 2. The first-order valence-corrected chi connectivity index (χ1v) is 9.20. The van der Waals surface area contributed by atoms with E-state index in [2.05, 4.69) is 26.5 Å². The molecule has 128 valence electrons. The Labute approximate surface area is 156 Å². The fourth-order valence-electron chi connectivity index (χ4n) is 2.13. The van der Waals surface area contributed by atoms with Crippen LogP contribution in [0.2, 0.25) is 0 Å². The summed E-state index contributed by atoms with van der Waals surface area (Å²) in [5.41, 5.74) is 2.03. The van der Waals surface area contributed by atoms with Crippen LogP contribution in [0.25, 0.3) is 5.69 Å². The van der Waals surface area contributed by atoms with Gasteiger partial charge in [0.15, 0.2) is 0 Å². The molecule has 8 heteroatoms. The molecule has 25 heavy (non-hydrogen) atoms. The van der Waals surface area contributed by atoms with E-state index in [1.165, 1.54) is 4.68 Å². The average Bonchev–Trinajstić information content (AvgIpc) is 2.96. The van der Waals surface area contributed by atoms with Gasteiger partial charge in [0, 0.05) is 16.6 Å². The molecule has 1 heterocycles. The summed E-state index contributed by atoms with van der Waals surface area (Å²) in [7, 11) is 0. The topological polar surface area (TPSA) is 79.0 Å². The van der Waals surface area contributed by atoms with E-state index in [4.69, 9.17) is 4.52 Å². The standard InChI is InChI=1S/C17H14BrN3O3S/c1-11-6-8-12(9-7-11)21-16(17(23)24-20-21)25-10-15(22)19-14-5-3-2-4-13(14)18/h2-9H,10H2,1H3,(H-,19,20,22,23)/p+1. The molecule has 0 saturated carbocycles. The van der Waals surface area contributed by atoms with E-state index in [1.54, 1.807) is 6.07 Å². The minimum Gasteiger partial charge on any atom is -0.324 e. The molecule has 1 aromatic heterocycles. The number of aryl methyl sites for hydroxylation is 1. The number of aromatic nitrogens is 2. The Morgan fingerprint density at radius 1 is 1.24 bits per heavy atom. The number of nitrogens with zero attached hydrogens (tertiary/aromatic N) is 1. The van der Waals surface area contributed by atoms with Gasteiger partial charge in [-0.3, -0.25) is 9.32 Å². The number of anilines is 1. The number of thioether (sulfide) groups is 1. The van der Waals surface area contributed by atoms with Crippen molar-refractivity contribution in [2.24, 2.45) is 0 Å². The molecular weight excluding hydrogens is 406 g/mol. The predicted octanol–water partition coefficient (Wildman–Crippen LogP) is 3.05. The number of aromatic amines is 1. The number of halogens is 1. The molecule has 0 atom stereocenters. The molecule has 0 radical (unpaired) electrons. The van der Waals surface area contributed by atoms with Gasteiger partial charge in [-0.05, 0) is 56.7 Å². The highest BCUT2D eigenvalue weighted by Crippen LogP contribution is 2.21. The van der Waals surface area contributed by atoms with Crippen molar-refractivity contribution in [3.05, 3.63) is 69.0 Å². The van der Waals surface area contributed by atoms with Crippen LogP contribution in [-0.2, 0) is 4.79 Å². The van der Waals surface area contributed by atoms with Gasteiger partial charge in [-0.2, -0.15) is 0 Å². The van der Waals surface area contributed by atoms with Crippen molar-refractivity contribution in [1.82, 2.24) is 5.27 Å². The third-order valence-electron chi connectivity index (χ3n) is 3.39. The molecule has 0 unspecified atom stereocenters. The Bertz CT molecular complexity index is 950. The lowest BCUT2D eigenvalue weighted by Crippen LogP contribution is -2.36. The van der Waals surface area contributed by atoms with E-state index in [-0.39, 0.29) is 11.7 Å². The second-order valence-electron chi connectivity index (χ2n) is 5.27. The van der Waals surface area contributed by atoms with E-state index >= 15 is 0 Å². The summed E-state index contributed by atoms with van der Waals surface area (Å²) in [5.74, 6) is -0.136. The van der Waals surface area contributed by atoms with Crippen molar-refractivity contribution in [2.75, 3.05) is 11.1 Å². The van der Waals surface area contributed by atoms with E-state index in [0.29, 0.717) is 10.7 Å². The number of para-hydroxylation sites is 1. The summed E-state index contributed by atoms with van der Waals surface area (Å²) in [6.45, 7) is 1.98. The van der Waals surface area contributed by atoms with Crippen molar-refractivity contribution in [3.63, 3.8) is 0 Å². The highest BCUT2D eigenvalue weighted by molar-refractivity contribution is 9.10. The van der Waals surface area contributed by atoms with Crippen molar-refractivity contribution in [2.45, 2.75) is 11.9 Å². The summed E-state index contributed by atoms with van der Waals surface area (Å²) in [6, 6.07) is 14.9. The highest BCUT2D eigenvalue weighted by atomic mass is 79.9. The lowest BCUT2D eigenvalue weighted by Gasteiger charge is -2.05. The van der Waals surface area contributed by atoms with Crippen LogP contribution in [0.15, 0.2) is 67.3 Å². The normalized spacial score (nSPS) is 10.6. The minimum absolute atomic E-state index is 0.0792. The fourth-order valence-corrected chi connectivity index (χ4v) is 3.29. The van der Waals surface area contributed by atoms with Gasteiger partial charge in [0.25, 0.3) is 0 Å². The molecule has 0 aliphatic carbocycles. The van der Waals surface area contributed by atoms with Crippen molar-refractivity contribution in [1.29, 1.82) is 0 Å². The van der Waals surface area contributed by atoms with Gasteiger partial charge < -0.3 is 5.32 Å². The van der Waals surface area contributed by atoms with Gasteiger partial charge in [-0.15, -0.1) is 0 Å². The lowest BCUT2D eigenvalue weighted by atomic mass is 10.2. The summed E-state index contributed by atoms with van der Waals surface area (Å²) in [5, 5.41) is 5.67. The fraction of sp³-hybridized carbons (Fsp3) is 0.118. The van der Waals surface area contributed by atoms with Crippen LogP contribution in [0.5, 0.6) is 0 Å². The number of nitrogens with one attached hydrogen (secondary N) is 2. The van der Waals surface area contributed by atoms with Crippen LogP contribution in [0.4, 0.5) is 5.69 Å². The van der Waals surface area contributed by atoms with E-state index in [0.717, 1.165) is 27.5 Å². The molecule has 2 N–H and O–H groups in total. The molecule has 0 aliphatic heterocycles. The van der Waals surface area contributed by atoms with E-state index in [9.17, 15) is 9.59 Å². The number of benzene rings is 2. The van der Waals surface area contributed by atoms with Crippen molar-refractivity contribution >= 4 is 39.3 Å². The molecule has 1 amide bonds. The molecule has 3 rings (SSSR count). The molecular formula is C17H15BrN3O3S+. The summed E-state index contributed by atoms with van der Waals surface area (Å²) < 4.78 is 7.19. The van der Waals surface area contributed by atoms with Crippen molar-refractivity contribution < 1.29 is 14.0 Å². The summed E-state index contributed by atoms with van der Waals surface area (Å²) in [4.78, 5) is 24.1. The minimum atomic E-state index is -0.515. The molecule has 2 aromatic carbocycles. The van der Waals surface area contributed by atoms with Gasteiger partial charge in [0.2, 0.25) is 11.6 Å². The second-order valence-corrected chi connectivity index (χ2v) is 7.09. The Hall–Kier alpha value is -2.32. The Morgan fingerprint density at radius 3 is 2.68 bits per heavy atom. The Morgan fingerprint density at radius 2 is 1.96 bits per heavy atom. The van der Waals surface area contributed by atoms with Crippen LogP contribution < -0.4 is 15.6 Å². The maximum atomic E-state index is 12.2. The smallest absolute Gasteiger partial charge is 0.324 e. The molecule has 0 spiro atoms. The zero-order valence-corrected chi connectivity index (χ0v) is 15.7. The van der Waals surface area contributed by atoms with Crippen LogP contribution in [0.3, 0.4) is 0 Å². The first-order chi connectivity index (χ1) is 12.0. The SMILES string of the molecule is Cc1ccc(-[n+]2[nH]oc(=O)c2SCC(=O)Nc2ccccc2Br)cc1. The Balaban J connectivity index is 1.72. The predicted molar refractivity (Wildman–Crippen MR) is 99.1 cm³/mol. The second kappa shape index (κ2) is 7.71. The molecule has 0 fully saturated rings. The molecule has 0 aliphatic rings. The van der Waals surface area contributed by atoms with Crippen LogP contribution in [0.1, 0.15) is 5.56 Å². The largest absolute Gasteiger partial charge is 0.442 e. The van der Waals surface area contributed by atoms with E-state index < -0.39 is 5.63 Å². The maximum Gasteiger partial charge on any atom is 0.442 e. The quantitative estimate of drug-likeness (QED) is 0.491. The van der Waals surface area contributed by atoms with Gasteiger partial charge >= 0.3 is 10.7 Å². The monoisotopic (exact) mass is 420 g/mol. The first kappa shape index (κ1) is 17.5. The van der Waals surface area contributed by atoms with Gasteiger partial charge in [-0.25, -0.2) is 4.79 Å². The maximum absolute atomic E-state index is 12.2. The highest BCUT2D eigenvalue weighted by Gasteiger charge is 2.25. The molecule has 6 nitrogen and oxygen atoms in total. The summed E-state index contributed by atoms with van der Waals surface area (Å²) in [6.07, 6.45) is 0. The number of amides is 1. The zero-order chi connectivity index (χ0) is 17.8. The number of rotatable bonds is 5. The molecule has 0 saturated heterocycles. The van der Waals surface area contributed by atoms with Crippen molar-refractivity contribution in [3.8, 4) is 5.69 Å². The van der Waals surface area contributed by atoms with Gasteiger partial charge in [0.1, 0.15) is 0 Å². The van der Waals surface area contributed by atoms with Crippen LogP contribution in [0, 0.1) is 6.92 Å². The van der Waals surface area contributed by atoms with E-state index in [1.807, 2.05) is 49.4 Å².